The first-order valence-corrected chi connectivity index (χ1v) is 8.74. The molecule has 3 nitrogen and oxygen atoms in total. The van der Waals surface area contributed by atoms with Crippen LogP contribution >= 0.6 is 12.4 Å². The van der Waals surface area contributed by atoms with Crippen LogP contribution in [-0.2, 0) is 4.79 Å². The van der Waals surface area contributed by atoms with Crippen LogP contribution in [0.1, 0.15) is 57.8 Å². The minimum atomic E-state index is 0. The van der Waals surface area contributed by atoms with E-state index in [2.05, 4.69) is 4.90 Å². The summed E-state index contributed by atoms with van der Waals surface area (Å²) in [5, 5.41) is 0. The Balaban J connectivity index is 0.00000132. The lowest BCUT2D eigenvalue weighted by molar-refractivity contribution is -0.135. The second-order valence-corrected chi connectivity index (χ2v) is 8.04. The van der Waals surface area contributed by atoms with Crippen molar-refractivity contribution in [3.8, 4) is 0 Å². The third-order valence-electron chi connectivity index (χ3n) is 6.58. The molecule has 2 N–H and O–H groups in total. The minimum absolute atomic E-state index is 0. The van der Waals surface area contributed by atoms with E-state index in [9.17, 15) is 4.79 Å². The molecule has 3 saturated carbocycles. The molecule has 120 valence electrons. The smallest absolute Gasteiger partial charge is 0.223 e. The van der Waals surface area contributed by atoms with Crippen molar-refractivity contribution in [2.24, 2.45) is 29.4 Å². The highest BCUT2D eigenvalue weighted by atomic mass is 35.5. The first-order valence-electron chi connectivity index (χ1n) is 8.74. The van der Waals surface area contributed by atoms with Gasteiger partial charge in [0.2, 0.25) is 5.91 Å². The molecule has 2 heterocycles. The van der Waals surface area contributed by atoms with E-state index in [0.29, 0.717) is 17.9 Å². The number of fused-ring (bicyclic) bond motifs is 1. The van der Waals surface area contributed by atoms with Crippen LogP contribution in [-0.4, -0.2) is 29.4 Å². The van der Waals surface area contributed by atoms with Gasteiger partial charge < -0.3 is 10.6 Å². The molecule has 5 fully saturated rings. The summed E-state index contributed by atoms with van der Waals surface area (Å²) in [6.07, 6.45) is 11.0. The Bertz CT molecular complexity index is 388. The van der Waals surface area contributed by atoms with Crippen molar-refractivity contribution in [2.75, 3.05) is 6.54 Å². The minimum Gasteiger partial charge on any atom is -0.339 e. The Morgan fingerprint density at radius 3 is 2.29 bits per heavy atom. The van der Waals surface area contributed by atoms with Crippen LogP contribution in [0.3, 0.4) is 0 Å². The average molecular weight is 313 g/mol. The van der Waals surface area contributed by atoms with Crippen LogP contribution in [0.2, 0.25) is 0 Å². The van der Waals surface area contributed by atoms with Gasteiger partial charge >= 0.3 is 0 Å². The van der Waals surface area contributed by atoms with Crippen molar-refractivity contribution >= 4 is 18.3 Å². The predicted molar refractivity (Wildman–Crippen MR) is 86.2 cm³/mol. The fraction of sp³-hybridized carbons (Fsp3) is 0.941. The Hall–Kier alpha value is -0.280. The second-order valence-electron chi connectivity index (χ2n) is 8.04. The number of rotatable bonds is 2. The summed E-state index contributed by atoms with van der Waals surface area (Å²) in [4.78, 5) is 15.1. The zero-order valence-electron chi connectivity index (χ0n) is 12.9. The largest absolute Gasteiger partial charge is 0.339 e. The van der Waals surface area contributed by atoms with Gasteiger partial charge in [-0.1, -0.05) is 6.42 Å². The van der Waals surface area contributed by atoms with Crippen LogP contribution in [0.15, 0.2) is 0 Å². The normalized spacial score (nSPS) is 44.5. The molecule has 4 bridgehead atoms. The molecule has 5 rings (SSSR count). The Morgan fingerprint density at radius 2 is 1.67 bits per heavy atom. The Labute approximate surface area is 134 Å². The number of carbonyl (C=O) groups excluding carboxylic acids is 1. The van der Waals surface area contributed by atoms with Gasteiger partial charge in [-0.2, -0.15) is 0 Å². The number of carbonyl (C=O) groups is 1. The number of halogens is 1. The lowest BCUT2D eigenvalue weighted by atomic mass is 9.68. The third-order valence-corrected chi connectivity index (χ3v) is 6.58. The lowest BCUT2D eigenvalue weighted by Gasteiger charge is -2.39. The Kier molecular flexibility index (Phi) is 4.52. The van der Waals surface area contributed by atoms with E-state index in [1.54, 1.807) is 0 Å². The maximum absolute atomic E-state index is 12.8. The molecule has 4 heteroatoms. The summed E-state index contributed by atoms with van der Waals surface area (Å²) in [7, 11) is 0. The molecular formula is C17H29ClN2O. The van der Waals surface area contributed by atoms with Crippen molar-refractivity contribution in [1.29, 1.82) is 0 Å². The summed E-state index contributed by atoms with van der Waals surface area (Å²) in [6.45, 7) is 1.05. The first kappa shape index (κ1) is 15.6. The quantitative estimate of drug-likeness (QED) is 0.852. The number of nitrogens with two attached hydrogens (primary N) is 1. The summed E-state index contributed by atoms with van der Waals surface area (Å²) < 4.78 is 0. The van der Waals surface area contributed by atoms with Gasteiger partial charge in [-0.15, -0.1) is 12.4 Å². The van der Waals surface area contributed by atoms with Crippen LogP contribution < -0.4 is 5.73 Å². The molecule has 1 amide bonds. The highest BCUT2D eigenvalue weighted by Crippen LogP contribution is 2.47. The van der Waals surface area contributed by atoms with E-state index in [0.717, 1.165) is 37.1 Å². The lowest BCUT2D eigenvalue weighted by Crippen LogP contribution is -2.43. The molecular weight excluding hydrogens is 284 g/mol. The number of hydrogen-bond acceptors (Lipinski definition) is 2. The molecule has 0 aromatic carbocycles. The first-order chi connectivity index (χ1) is 9.69. The Morgan fingerprint density at radius 1 is 1.00 bits per heavy atom. The van der Waals surface area contributed by atoms with Gasteiger partial charge in [-0.25, -0.2) is 0 Å². The highest BCUT2D eigenvalue weighted by Gasteiger charge is 2.44. The van der Waals surface area contributed by atoms with Crippen molar-refractivity contribution < 1.29 is 4.79 Å². The molecule has 4 atom stereocenters. The van der Waals surface area contributed by atoms with Crippen LogP contribution in [0.25, 0.3) is 0 Å². The zero-order chi connectivity index (χ0) is 13.7. The van der Waals surface area contributed by atoms with Crippen LogP contribution in [0, 0.1) is 23.7 Å². The summed E-state index contributed by atoms with van der Waals surface area (Å²) in [6, 6.07) is 0.843. The van der Waals surface area contributed by atoms with Crippen molar-refractivity contribution in [2.45, 2.75) is 69.9 Å². The van der Waals surface area contributed by atoms with E-state index in [1.807, 2.05) is 0 Å². The zero-order valence-corrected chi connectivity index (χ0v) is 13.7. The summed E-state index contributed by atoms with van der Waals surface area (Å²) in [5.41, 5.74) is 6.15. The van der Waals surface area contributed by atoms with Crippen LogP contribution in [0.4, 0.5) is 0 Å². The molecule has 0 aromatic heterocycles. The standard InChI is InChI=1S/C17H28N2O.ClH/c18-16-3-1-2-14(16)9-17(20)19-10-13-5-11-4-12(6-13)8-15(19)7-11;/h11-16H,1-10,18H2;1H/t11?,12?,13?,14-,15?,16+;/m0./s1. The van der Waals surface area contributed by atoms with E-state index >= 15 is 0 Å². The molecule has 2 saturated heterocycles. The topological polar surface area (TPSA) is 46.3 Å². The van der Waals surface area contributed by atoms with Gasteiger partial charge in [0.25, 0.3) is 0 Å². The molecule has 2 aliphatic heterocycles. The summed E-state index contributed by atoms with van der Waals surface area (Å²) in [5.74, 6) is 3.52. The van der Waals surface area contributed by atoms with Gasteiger partial charge in [-0.05, 0) is 68.6 Å². The van der Waals surface area contributed by atoms with Crippen molar-refractivity contribution in [3.05, 3.63) is 0 Å². The maximum Gasteiger partial charge on any atom is 0.223 e. The number of hydrogen-bond donors (Lipinski definition) is 1. The van der Waals surface area contributed by atoms with Crippen LogP contribution in [0.5, 0.6) is 0 Å². The van der Waals surface area contributed by atoms with E-state index in [-0.39, 0.29) is 18.4 Å². The molecule has 5 aliphatic rings. The van der Waals surface area contributed by atoms with Crippen molar-refractivity contribution in [1.82, 2.24) is 4.90 Å². The SMILES string of the molecule is Cl.N[C@@H]1CCC[C@H]1CC(=O)N1CC2CC3CC(C2)CC1C3. The second kappa shape index (κ2) is 6.08. The fourth-order valence-corrected chi connectivity index (χ4v) is 5.75. The van der Waals surface area contributed by atoms with Crippen molar-refractivity contribution in [3.63, 3.8) is 0 Å². The monoisotopic (exact) mass is 312 g/mol. The maximum atomic E-state index is 12.8. The van der Waals surface area contributed by atoms with E-state index < -0.39 is 0 Å². The molecule has 21 heavy (non-hydrogen) atoms. The molecule has 0 spiro atoms. The van der Waals surface area contributed by atoms with Gasteiger partial charge in [0.1, 0.15) is 0 Å². The average Bonchev–Trinajstić information content (AvgIpc) is 2.69. The third kappa shape index (κ3) is 2.96. The van der Waals surface area contributed by atoms with Gasteiger partial charge in [0, 0.05) is 25.0 Å². The molecule has 0 radical (unpaired) electrons. The molecule has 2 unspecified atom stereocenters. The van der Waals surface area contributed by atoms with Gasteiger partial charge in [0.05, 0.1) is 0 Å². The van der Waals surface area contributed by atoms with E-state index in [1.165, 1.54) is 44.9 Å². The highest BCUT2D eigenvalue weighted by molar-refractivity contribution is 5.85. The van der Waals surface area contributed by atoms with Gasteiger partial charge in [-0.3, -0.25) is 4.79 Å². The van der Waals surface area contributed by atoms with E-state index in [4.69, 9.17) is 5.73 Å². The summed E-state index contributed by atoms with van der Waals surface area (Å²) >= 11 is 0. The van der Waals surface area contributed by atoms with Gasteiger partial charge in [0.15, 0.2) is 0 Å². The predicted octanol–water partition coefficient (Wildman–Crippen LogP) is 2.96. The fourth-order valence-electron chi connectivity index (χ4n) is 5.75. The molecule has 3 aliphatic carbocycles. The molecule has 0 aromatic rings. The number of amides is 1. The number of nitrogens with zero attached hydrogens (tertiary/aromatic N) is 1.